The number of aromatic amines is 1. The number of anilines is 2. The lowest BCUT2D eigenvalue weighted by Crippen LogP contribution is -2.55. The highest BCUT2D eigenvalue weighted by atomic mass is 16.6. The molecule has 0 saturated carbocycles. The molecular formula is C23H34N6O3. The Balaban J connectivity index is 1.42. The molecule has 174 valence electrons. The van der Waals surface area contributed by atoms with Crippen molar-refractivity contribution < 1.29 is 14.3 Å². The molecular weight excluding hydrogens is 408 g/mol. The van der Waals surface area contributed by atoms with Gasteiger partial charge in [-0.3, -0.25) is 10.1 Å². The summed E-state index contributed by atoms with van der Waals surface area (Å²) in [4.78, 5) is 23.6. The molecule has 0 spiro atoms. The van der Waals surface area contributed by atoms with Gasteiger partial charge >= 0.3 is 6.09 Å². The number of fused-ring (bicyclic) bond motifs is 2. The second-order valence-electron chi connectivity index (χ2n) is 10.2. The lowest BCUT2D eigenvalue weighted by Gasteiger charge is -2.43. The summed E-state index contributed by atoms with van der Waals surface area (Å²) in [6.45, 7) is 12.1. The zero-order chi connectivity index (χ0) is 23.0. The summed E-state index contributed by atoms with van der Waals surface area (Å²) in [5.41, 5.74) is 0.550. The molecule has 0 aromatic carbocycles. The van der Waals surface area contributed by atoms with Gasteiger partial charge in [0.1, 0.15) is 11.7 Å². The number of nitrogens with one attached hydrogen (secondary N) is 2. The summed E-state index contributed by atoms with van der Waals surface area (Å²) in [6.07, 6.45) is 5.72. The van der Waals surface area contributed by atoms with Crippen LogP contribution in [0.5, 0.6) is 5.88 Å². The van der Waals surface area contributed by atoms with Crippen LogP contribution in [0.15, 0.2) is 18.5 Å². The van der Waals surface area contributed by atoms with Crippen molar-refractivity contribution in [1.29, 1.82) is 0 Å². The zero-order valence-corrected chi connectivity index (χ0v) is 19.8. The average Bonchev–Trinajstić information content (AvgIpc) is 3.30. The van der Waals surface area contributed by atoms with Gasteiger partial charge in [-0.15, -0.1) is 0 Å². The first-order valence-corrected chi connectivity index (χ1v) is 11.4. The number of hydrogen-bond acceptors (Lipinski definition) is 7. The van der Waals surface area contributed by atoms with E-state index in [0.717, 1.165) is 25.0 Å². The lowest BCUT2D eigenvalue weighted by atomic mass is 9.89. The molecule has 2 N–H and O–H groups in total. The molecule has 2 aliphatic rings. The molecule has 1 amide bonds. The highest BCUT2D eigenvalue weighted by molar-refractivity contribution is 5.69. The number of hydrogen-bond donors (Lipinski definition) is 2. The number of aromatic nitrogens is 4. The maximum Gasteiger partial charge on any atom is 0.410 e. The van der Waals surface area contributed by atoms with Crippen molar-refractivity contribution in [2.75, 3.05) is 5.32 Å². The van der Waals surface area contributed by atoms with Crippen LogP contribution in [0, 0.1) is 5.92 Å². The van der Waals surface area contributed by atoms with E-state index in [4.69, 9.17) is 9.47 Å². The van der Waals surface area contributed by atoms with E-state index in [2.05, 4.69) is 46.3 Å². The molecule has 9 heteroatoms. The molecule has 2 aromatic heterocycles. The van der Waals surface area contributed by atoms with Crippen molar-refractivity contribution in [1.82, 2.24) is 25.1 Å². The first-order chi connectivity index (χ1) is 15.1. The monoisotopic (exact) mass is 442 g/mol. The Hall–Kier alpha value is -2.84. The second-order valence-corrected chi connectivity index (χ2v) is 10.2. The first-order valence-electron chi connectivity index (χ1n) is 11.4. The second kappa shape index (κ2) is 8.60. The van der Waals surface area contributed by atoms with E-state index in [0.29, 0.717) is 23.4 Å². The normalized spacial score (nSPS) is 25.2. The maximum atomic E-state index is 12.8. The van der Waals surface area contributed by atoms with Gasteiger partial charge in [0.15, 0.2) is 11.6 Å². The number of rotatable bonds is 5. The number of piperidine rings is 1. The van der Waals surface area contributed by atoms with Gasteiger partial charge in [-0.25, -0.2) is 4.79 Å². The van der Waals surface area contributed by atoms with Gasteiger partial charge < -0.3 is 19.7 Å². The highest BCUT2D eigenvalue weighted by Crippen LogP contribution is 2.41. The van der Waals surface area contributed by atoms with Crippen LogP contribution in [0.25, 0.3) is 0 Å². The van der Waals surface area contributed by atoms with Crippen molar-refractivity contribution >= 4 is 17.7 Å². The predicted octanol–water partition coefficient (Wildman–Crippen LogP) is 4.62. The minimum Gasteiger partial charge on any atom is -0.473 e. The third-order valence-electron chi connectivity index (χ3n) is 6.21. The third-order valence-corrected chi connectivity index (χ3v) is 6.21. The fourth-order valence-electron chi connectivity index (χ4n) is 4.59. The molecule has 4 atom stereocenters. The van der Waals surface area contributed by atoms with Gasteiger partial charge in [0.25, 0.3) is 0 Å². The van der Waals surface area contributed by atoms with Crippen molar-refractivity contribution in [2.45, 2.75) is 90.5 Å². The first kappa shape index (κ1) is 22.4. The molecule has 4 heterocycles. The van der Waals surface area contributed by atoms with Crippen LogP contribution in [0.3, 0.4) is 0 Å². The Labute approximate surface area is 189 Å². The van der Waals surface area contributed by atoms with E-state index < -0.39 is 5.60 Å². The number of carbonyl (C=O) groups excluding carboxylic acids is 1. The van der Waals surface area contributed by atoms with Crippen molar-refractivity contribution in [3.63, 3.8) is 0 Å². The van der Waals surface area contributed by atoms with Gasteiger partial charge in [0.2, 0.25) is 5.88 Å². The molecule has 2 aliphatic heterocycles. The predicted molar refractivity (Wildman–Crippen MR) is 121 cm³/mol. The summed E-state index contributed by atoms with van der Waals surface area (Å²) >= 11 is 0. The highest BCUT2D eigenvalue weighted by Gasteiger charge is 2.49. The Morgan fingerprint density at radius 2 is 2.03 bits per heavy atom. The summed E-state index contributed by atoms with van der Waals surface area (Å²) in [7, 11) is 0. The van der Waals surface area contributed by atoms with E-state index in [-0.39, 0.29) is 30.2 Å². The Morgan fingerprint density at radius 3 is 2.72 bits per heavy atom. The lowest BCUT2D eigenvalue weighted by molar-refractivity contribution is -0.0272. The van der Waals surface area contributed by atoms with Crippen LogP contribution < -0.4 is 10.1 Å². The summed E-state index contributed by atoms with van der Waals surface area (Å²) in [5.74, 6) is 2.27. The molecule has 9 nitrogen and oxygen atoms in total. The molecule has 2 aromatic rings. The molecule has 0 unspecified atom stereocenters. The molecule has 4 rings (SSSR count). The summed E-state index contributed by atoms with van der Waals surface area (Å²) in [5, 5.41) is 10.5. The molecule has 2 saturated heterocycles. The van der Waals surface area contributed by atoms with Gasteiger partial charge in [-0.2, -0.15) is 10.1 Å². The maximum absolute atomic E-state index is 12.8. The minimum absolute atomic E-state index is 0.0336. The number of carbonyl (C=O) groups is 1. The molecule has 0 aliphatic carbocycles. The number of nitrogens with zero attached hydrogens (tertiary/aromatic N) is 4. The van der Waals surface area contributed by atoms with Gasteiger partial charge in [-0.05, 0) is 39.5 Å². The number of H-pyrrole nitrogens is 1. The quantitative estimate of drug-likeness (QED) is 0.696. The van der Waals surface area contributed by atoms with E-state index in [1.807, 2.05) is 31.7 Å². The SMILES string of the molecule is CC(C)c1cc(Nc2cncc(O[C@@H]3C[C@H]4CC[C@@H]([C@H]3C)N4C(=O)OC(C)(C)C)n2)n[nH]1. The average molecular weight is 443 g/mol. The molecule has 2 bridgehead atoms. The zero-order valence-electron chi connectivity index (χ0n) is 19.8. The molecule has 2 fully saturated rings. The Kier molecular flexibility index (Phi) is 6.01. The summed E-state index contributed by atoms with van der Waals surface area (Å²) in [6, 6.07) is 2.21. The van der Waals surface area contributed by atoms with Crippen LogP contribution in [-0.2, 0) is 4.74 Å². The van der Waals surface area contributed by atoms with Crippen molar-refractivity contribution in [2.24, 2.45) is 5.92 Å². The van der Waals surface area contributed by atoms with Crippen molar-refractivity contribution in [3.8, 4) is 5.88 Å². The largest absolute Gasteiger partial charge is 0.473 e. The number of amides is 1. The summed E-state index contributed by atoms with van der Waals surface area (Å²) < 4.78 is 11.9. The smallest absolute Gasteiger partial charge is 0.410 e. The standard InChI is InChI=1S/C23H34N6O3/c1-13(2)16-10-19(28-27-16)25-20-11-24-12-21(26-20)31-18-9-15-7-8-17(14(18)3)29(15)22(30)32-23(4,5)6/h10-15,17-18H,7-9H2,1-6H3,(H2,25,26,27,28)/t14-,15-,17+,18-/m1/s1. The van der Waals surface area contributed by atoms with Gasteiger partial charge in [0, 0.05) is 36.2 Å². The van der Waals surface area contributed by atoms with E-state index in [9.17, 15) is 4.79 Å². The Morgan fingerprint density at radius 1 is 1.25 bits per heavy atom. The third kappa shape index (κ3) is 4.81. The molecule has 0 radical (unpaired) electrons. The fraction of sp³-hybridized carbons (Fsp3) is 0.652. The van der Waals surface area contributed by atoms with Crippen LogP contribution in [0.4, 0.5) is 16.4 Å². The van der Waals surface area contributed by atoms with E-state index in [1.165, 1.54) is 0 Å². The van der Waals surface area contributed by atoms with Crippen LogP contribution in [0.1, 0.15) is 72.4 Å². The topological polar surface area (TPSA) is 105 Å². The van der Waals surface area contributed by atoms with Gasteiger partial charge in [0.05, 0.1) is 12.4 Å². The molecule has 32 heavy (non-hydrogen) atoms. The van der Waals surface area contributed by atoms with E-state index >= 15 is 0 Å². The van der Waals surface area contributed by atoms with Crippen LogP contribution in [-0.4, -0.2) is 54.9 Å². The van der Waals surface area contributed by atoms with Crippen LogP contribution >= 0.6 is 0 Å². The number of ether oxygens (including phenoxy) is 2. The Bertz CT molecular complexity index is 953. The minimum atomic E-state index is -0.500. The van der Waals surface area contributed by atoms with E-state index in [1.54, 1.807) is 12.4 Å². The fourth-order valence-corrected chi connectivity index (χ4v) is 4.59. The van der Waals surface area contributed by atoms with Crippen LogP contribution in [0.2, 0.25) is 0 Å². The van der Waals surface area contributed by atoms with Crippen molar-refractivity contribution in [3.05, 3.63) is 24.2 Å². The van der Waals surface area contributed by atoms with Gasteiger partial charge in [-0.1, -0.05) is 20.8 Å².